The van der Waals surface area contributed by atoms with Crippen LogP contribution in [0.15, 0.2) is 42.5 Å². The van der Waals surface area contributed by atoms with Crippen LogP contribution in [0.25, 0.3) is 11.1 Å². The summed E-state index contributed by atoms with van der Waals surface area (Å²) in [5, 5.41) is 10.2. The van der Waals surface area contributed by atoms with Crippen molar-refractivity contribution in [3.8, 4) is 28.4 Å². The number of hydrogen-bond donors (Lipinski definition) is 1. The lowest BCUT2D eigenvalue weighted by Gasteiger charge is -2.25. The number of halogens is 2. The van der Waals surface area contributed by atoms with Crippen molar-refractivity contribution < 1.29 is 37.6 Å². The molecule has 2 fully saturated rings. The average Bonchev–Trinajstić information content (AvgIpc) is 3.78. The number of β-amino-alcohol motifs (C(OH)–C–C–N with tert-alkyl or cyclic N) is 1. The first-order valence-electron chi connectivity index (χ1n) is 16.9. The van der Waals surface area contributed by atoms with E-state index in [0.29, 0.717) is 58.7 Å². The predicted octanol–water partition coefficient (Wildman–Crippen LogP) is 6.22. The lowest BCUT2D eigenvalue weighted by atomic mass is 9.93. The molecule has 2 saturated heterocycles. The van der Waals surface area contributed by atoms with Crippen molar-refractivity contribution in [3.63, 3.8) is 0 Å². The molecular formula is C38H46F2N2O6. The van der Waals surface area contributed by atoms with Gasteiger partial charge in [0.2, 0.25) is 0 Å². The molecule has 3 aromatic rings. The molecule has 8 nitrogen and oxygen atoms in total. The third-order valence-electron chi connectivity index (χ3n) is 10.1. The zero-order valence-electron chi connectivity index (χ0n) is 28.1. The quantitative estimate of drug-likeness (QED) is 0.161. The van der Waals surface area contributed by atoms with Gasteiger partial charge in [0.25, 0.3) is 12.4 Å². The summed E-state index contributed by atoms with van der Waals surface area (Å²) in [6.07, 6.45) is 2.86. The predicted molar refractivity (Wildman–Crippen MR) is 179 cm³/mol. The number of carbonyl (C=O) groups is 1. The highest BCUT2D eigenvalue weighted by molar-refractivity contribution is 5.73. The standard InChI is InChI=1S/C38H46F2N2O6/c1-25-27(8-4-9-29(25)30-10-6-13-34(26(30)2)46-17-7-15-41-16-14-38(39,40)23-41)22-47-36-19-35(45-3)33(31-11-5-12-32(31)36)21-42-20-28(44)18-37(42)48-24-43/h4,6,8-10,13,19,24,28,37,44H,5,7,11-12,14-18,20-23H2,1-3H3/t28-,37-/m1/s1. The fraction of sp³-hybridized carbons (Fsp3) is 0.500. The van der Waals surface area contributed by atoms with Crippen molar-refractivity contribution in [1.29, 1.82) is 0 Å². The number of rotatable bonds is 14. The highest BCUT2D eigenvalue weighted by atomic mass is 19.3. The highest BCUT2D eigenvalue weighted by Gasteiger charge is 2.38. The molecule has 258 valence electrons. The normalized spacial score (nSPS) is 20.5. The fourth-order valence-electron chi connectivity index (χ4n) is 7.51. The second-order valence-corrected chi connectivity index (χ2v) is 13.3. The molecule has 0 spiro atoms. The van der Waals surface area contributed by atoms with Crippen LogP contribution < -0.4 is 14.2 Å². The molecule has 1 aliphatic carbocycles. The molecule has 3 aromatic carbocycles. The second kappa shape index (κ2) is 14.8. The largest absolute Gasteiger partial charge is 0.496 e. The molecule has 10 heteroatoms. The molecule has 2 aliphatic heterocycles. The van der Waals surface area contributed by atoms with Crippen LogP contribution in [-0.4, -0.2) is 79.5 Å². The molecule has 0 aromatic heterocycles. The van der Waals surface area contributed by atoms with Crippen molar-refractivity contribution in [2.75, 3.05) is 39.9 Å². The third kappa shape index (κ3) is 7.46. The van der Waals surface area contributed by atoms with Gasteiger partial charge in [0, 0.05) is 50.7 Å². The third-order valence-corrected chi connectivity index (χ3v) is 10.1. The number of aliphatic hydroxyl groups is 1. The van der Waals surface area contributed by atoms with Gasteiger partial charge in [-0.15, -0.1) is 0 Å². The smallest absolute Gasteiger partial charge is 0.294 e. The van der Waals surface area contributed by atoms with Crippen LogP contribution in [0.5, 0.6) is 17.2 Å². The number of fused-ring (bicyclic) bond motifs is 1. The number of alkyl halides is 2. The summed E-state index contributed by atoms with van der Waals surface area (Å²) < 4.78 is 50.8. The van der Waals surface area contributed by atoms with Gasteiger partial charge in [-0.2, -0.15) is 0 Å². The molecule has 48 heavy (non-hydrogen) atoms. The van der Waals surface area contributed by atoms with E-state index in [0.717, 1.165) is 69.9 Å². The number of methoxy groups -OCH3 is 1. The maximum atomic E-state index is 13.5. The van der Waals surface area contributed by atoms with Crippen molar-refractivity contribution in [1.82, 2.24) is 9.80 Å². The Bertz CT molecular complexity index is 1610. The van der Waals surface area contributed by atoms with E-state index in [2.05, 4.69) is 38.1 Å². The molecule has 0 radical (unpaired) electrons. The van der Waals surface area contributed by atoms with Crippen molar-refractivity contribution >= 4 is 6.47 Å². The Morgan fingerprint density at radius 1 is 1.00 bits per heavy atom. The first-order chi connectivity index (χ1) is 23.2. The number of benzene rings is 3. The Morgan fingerprint density at radius 2 is 1.77 bits per heavy atom. The minimum Gasteiger partial charge on any atom is -0.496 e. The molecule has 2 atom stereocenters. The SMILES string of the molecule is COc1cc(OCc2cccc(-c3cccc(OCCCN4CCC(F)(F)C4)c3C)c2C)c2c(c1CN1C[C@H](O)C[C@H]1OC=O)CCC2. The van der Waals surface area contributed by atoms with E-state index in [4.69, 9.17) is 18.9 Å². The summed E-state index contributed by atoms with van der Waals surface area (Å²) in [4.78, 5) is 14.9. The molecule has 3 aliphatic rings. The van der Waals surface area contributed by atoms with Gasteiger partial charge >= 0.3 is 0 Å². The second-order valence-electron chi connectivity index (χ2n) is 13.3. The molecule has 6 rings (SSSR count). The number of likely N-dealkylation sites (tertiary alicyclic amines) is 2. The number of nitrogens with zero attached hydrogens (tertiary/aromatic N) is 2. The Labute approximate surface area is 281 Å². The van der Waals surface area contributed by atoms with Gasteiger partial charge in [0.1, 0.15) is 23.9 Å². The number of hydrogen-bond acceptors (Lipinski definition) is 8. The topological polar surface area (TPSA) is 80.7 Å². The molecule has 0 unspecified atom stereocenters. The van der Waals surface area contributed by atoms with Gasteiger partial charge in [0.15, 0.2) is 6.23 Å². The Morgan fingerprint density at radius 3 is 2.52 bits per heavy atom. The monoisotopic (exact) mass is 664 g/mol. The lowest BCUT2D eigenvalue weighted by Crippen LogP contribution is -2.31. The van der Waals surface area contributed by atoms with Crippen LogP contribution in [0.4, 0.5) is 8.78 Å². The van der Waals surface area contributed by atoms with Crippen LogP contribution in [0.1, 0.15) is 59.1 Å². The van der Waals surface area contributed by atoms with Gasteiger partial charge in [-0.25, -0.2) is 8.78 Å². The van der Waals surface area contributed by atoms with E-state index >= 15 is 0 Å². The Balaban J connectivity index is 1.15. The molecule has 0 saturated carbocycles. The first-order valence-corrected chi connectivity index (χ1v) is 16.9. The summed E-state index contributed by atoms with van der Waals surface area (Å²) >= 11 is 0. The Hall–Kier alpha value is -3.73. The van der Waals surface area contributed by atoms with Gasteiger partial charge < -0.3 is 24.1 Å². The van der Waals surface area contributed by atoms with Crippen LogP contribution in [0.3, 0.4) is 0 Å². The molecule has 0 amide bonds. The number of aliphatic hydroxyl groups excluding tert-OH is 1. The van der Waals surface area contributed by atoms with Gasteiger partial charge in [-0.05, 0) is 84.5 Å². The number of carbonyl (C=O) groups excluding carboxylic acids is 1. The molecule has 1 N–H and O–H groups in total. The zero-order valence-corrected chi connectivity index (χ0v) is 28.1. The molecular weight excluding hydrogens is 618 g/mol. The van der Waals surface area contributed by atoms with Gasteiger partial charge in [0.05, 0.1) is 26.4 Å². The number of ether oxygens (including phenoxy) is 4. The Kier molecular flexibility index (Phi) is 10.5. The van der Waals surface area contributed by atoms with Crippen LogP contribution >= 0.6 is 0 Å². The van der Waals surface area contributed by atoms with Gasteiger partial charge in [-0.1, -0.05) is 30.3 Å². The van der Waals surface area contributed by atoms with Crippen LogP contribution in [0.2, 0.25) is 0 Å². The van der Waals surface area contributed by atoms with E-state index in [9.17, 15) is 18.7 Å². The summed E-state index contributed by atoms with van der Waals surface area (Å²) in [7, 11) is 1.66. The van der Waals surface area contributed by atoms with E-state index < -0.39 is 18.3 Å². The summed E-state index contributed by atoms with van der Waals surface area (Å²) in [6.45, 7) is 7.31. The van der Waals surface area contributed by atoms with Crippen molar-refractivity contribution in [2.45, 2.75) is 83.8 Å². The zero-order chi connectivity index (χ0) is 33.8. The van der Waals surface area contributed by atoms with Crippen LogP contribution in [0, 0.1) is 13.8 Å². The fourth-order valence-corrected chi connectivity index (χ4v) is 7.51. The van der Waals surface area contributed by atoms with Crippen molar-refractivity contribution in [3.05, 3.63) is 75.8 Å². The maximum absolute atomic E-state index is 13.5. The van der Waals surface area contributed by atoms with E-state index in [1.54, 1.807) is 7.11 Å². The maximum Gasteiger partial charge on any atom is 0.294 e. The van der Waals surface area contributed by atoms with Crippen LogP contribution in [-0.2, 0) is 35.5 Å². The van der Waals surface area contributed by atoms with E-state index in [-0.39, 0.29) is 13.0 Å². The van der Waals surface area contributed by atoms with E-state index in [1.165, 1.54) is 11.1 Å². The first kappa shape index (κ1) is 34.1. The average molecular weight is 665 g/mol. The minimum atomic E-state index is -2.57. The summed E-state index contributed by atoms with van der Waals surface area (Å²) in [5.74, 6) is -0.220. The van der Waals surface area contributed by atoms with Gasteiger partial charge in [-0.3, -0.25) is 14.6 Å². The summed E-state index contributed by atoms with van der Waals surface area (Å²) in [5.41, 5.74) is 8.89. The summed E-state index contributed by atoms with van der Waals surface area (Å²) in [6, 6.07) is 14.3. The molecule has 2 heterocycles. The highest BCUT2D eigenvalue weighted by Crippen LogP contribution is 2.41. The minimum absolute atomic E-state index is 0.0623. The molecule has 0 bridgehead atoms. The van der Waals surface area contributed by atoms with Crippen molar-refractivity contribution in [2.24, 2.45) is 0 Å². The lowest BCUT2D eigenvalue weighted by molar-refractivity contribution is -0.141. The van der Waals surface area contributed by atoms with E-state index in [1.807, 2.05) is 28.0 Å².